The fourth-order valence-corrected chi connectivity index (χ4v) is 4.99. The van der Waals surface area contributed by atoms with Gasteiger partial charge in [0.05, 0.1) is 23.1 Å². The molecular formula is C13H15Cl2NO4S. The predicted molar refractivity (Wildman–Crippen MR) is 80.0 cm³/mol. The second-order valence-electron chi connectivity index (χ2n) is 4.78. The first-order valence-electron chi connectivity index (χ1n) is 6.40. The van der Waals surface area contributed by atoms with Crippen molar-refractivity contribution in [3.63, 3.8) is 0 Å². The van der Waals surface area contributed by atoms with Gasteiger partial charge in [-0.1, -0.05) is 29.3 Å². The van der Waals surface area contributed by atoms with Gasteiger partial charge in [0.1, 0.15) is 4.90 Å². The summed E-state index contributed by atoms with van der Waals surface area (Å²) in [6.45, 7) is 0.411. The molecule has 116 valence electrons. The Bertz CT molecular complexity index is 627. The van der Waals surface area contributed by atoms with Crippen LogP contribution in [0.5, 0.6) is 0 Å². The van der Waals surface area contributed by atoms with Crippen LogP contribution in [0.1, 0.15) is 12.8 Å². The molecule has 0 amide bonds. The maximum Gasteiger partial charge on any atom is 0.309 e. The zero-order valence-corrected chi connectivity index (χ0v) is 13.7. The molecule has 0 radical (unpaired) electrons. The van der Waals surface area contributed by atoms with Gasteiger partial charge in [0.25, 0.3) is 0 Å². The van der Waals surface area contributed by atoms with Crippen molar-refractivity contribution in [1.29, 1.82) is 0 Å². The summed E-state index contributed by atoms with van der Waals surface area (Å²) in [7, 11) is -2.54. The zero-order chi connectivity index (χ0) is 15.6. The molecule has 0 aromatic heterocycles. The lowest BCUT2D eigenvalue weighted by atomic mass is 10.0. The number of piperidine rings is 1. The summed E-state index contributed by atoms with van der Waals surface area (Å²) < 4.78 is 31.3. The van der Waals surface area contributed by atoms with Crippen LogP contribution in [0.25, 0.3) is 0 Å². The van der Waals surface area contributed by atoms with Gasteiger partial charge >= 0.3 is 5.97 Å². The smallest absolute Gasteiger partial charge is 0.309 e. The van der Waals surface area contributed by atoms with Gasteiger partial charge in [-0.15, -0.1) is 0 Å². The Hall–Kier alpha value is -0.820. The van der Waals surface area contributed by atoms with E-state index in [2.05, 4.69) is 0 Å². The van der Waals surface area contributed by atoms with E-state index in [1.807, 2.05) is 0 Å². The lowest BCUT2D eigenvalue weighted by Gasteiger charge is -2.30. The van der Waals surface area contributed by atoms with Crippen molar-refractivity contribution in [2.45, 2.75) is 17.7 Å². The Morgan fingerprint density at radius 1 is 1.33 bits per heavy atom. The third-order valence-electron chi connectivity index (χ3n) is 3.44. The van der Waals surface area contributed by atoms with Crippen LogP contribution >= 0.6 is 23.2 Å². The fourth-order valence-electron chi connectivity index (χ4n) is 2.38. The van der Waals surface area contributed by atoms with Crippen molar-refractivity contribution in [1.82, 2.24) is 4.31 Å². The molecule has 0 spiro atoms. The number of ether oxygens (including phenoxy) is 1. The molecule has 0 N–H and O–H groups in total. The molecule has 0 aliphatic carbocycles. The molecule has 1 aromatic carbocycles. The van der Waals surface area contributed by atoms with Crippen LogP contribution in [-0.4, -0.2) is 38.9 Å². The molecule has 1 unspecified atom stereocenters. The SMILES string of the molecule is COC(=O)C1CCCN(S(=O)(=O)c2c(Cl)cccc2Cl)C1. The minimum Gasteiger partial charge on any atom is -0.469 e. The van der Waals surface area contributed by atoms with Crippen molar-refractivity contribution < 1.29 is 17.9 Å². The number of benzene rings is 1. The van der Waals surface area contributed by atoms with Crippen molar-refractivity contribution >= 4 is 39.2 Å². The van der Waals surface area contributed by atoms with Crippen LogP contribution < -0.4 is 0 Å². The van der Waals surface area contributed by atoms with Gasteiger partial charge in [-0.05, 0) is 25.0 Å². The molecule has 1 aromatic rings. The molecule has 2 rings (SSSR count). The van der Waals surface area contributed by atoms with E-state index < -0.39 is 21.9 Å². The van der Waals surface area contributed by atoms with Crippen LogP contribution in [-0.2, 0) is 19.6 Å². The highest BCUT2D eigenvalue weighted by molar-refractivity contribution is 7.89. The van der Waals surface area contributed by atoms with Crippen LogP contribution in [0, 0.1) is 5.92 Å². The molecular weight excluding hydrogens is 337 g/mol. The van der Waals surface area contributed by atoms with Gasteiger partial charge in [0.15, 0.2) is 0 Å². The molecule has 1 aliphatic rings. The third-order valence-corrected chi connectivity index (χ3v) is 6.26. The van der Waals surface area contributed by atoms with Crippen molar-refractivity contribution in [3.8, 4) is 0 Å². The fraction of sp³-hybridized carbons (Fsp3) is 0.462. The van der Waals surface area contributed by atoms with Crippen LogP contribution in [0.4, 0.5) is 0 Å². The quantitative estimate of drug-likeness (QED) is 0.785. The van der Waals surface area contributed by atoms with Gasteiger partial charge in [-0.3, -0.25) is 4.79 Å². The normalized spacial score (nSPS) is 20.2. The van der Waals surface area contributed by atoms with Crippen LogP contribution in [0.3, 0.4) is 0 Å². The summed E-state index contributed by atoms with van der Waals surface area (Å²) in [5, 5.41) is 0.144. The van der Waals surface area contributed by atoms with Crippen molar-refractivity contribution in [2.75, 3.05) is 20.2 Å². The number of carbonyl (C=O) groups excluding carboxylic acids is 1. The van der Waals surface area contributed by atoms with E-state index in [0.29, 0.717) is 19.4 Å². The number of sulfonamides is 1. The monoisotopic (exact) mass is 351 g/mol. The van der Waals surface area contributed by atoms with E-state index in [4.69, 9.17) is 27.9 Å². The minimum atomic E-state index is -3.84. The van der Waals surface area contributed by atoms with Gasteiger partial charge in [-0.25, -0.2) is 8.42 Å². The Kier molecular flexibility index (Phi) is 5.14. The van der Waals surface area contributed by atoms with E-state index in [-0.39, 0.29) is 21.5 Å². The molecule has 8 heteroatoms. The largest absolute Gasteiger partial charge is 0.469 e. The number of methoxy groups -OCH3 is 1. The van der Waals surface area contributed by atoms with Crippen LogP contribution in [0.2, 0.25) is 10.0 Å². The van der Waals surface area contributed by atoms with E-state index >= 15 is 0 Å². The first-order chi connectivity index (χ1) is 9.87. The number of halogens is 2. The highest BCUT2D eigenvalue weighted by Crippen LogP contribution is 2.33. The summed E-state index contributed by atoms with van der Waals surface area (Å²) >= 11 is 12.0. The number of carbonyl (C=O) groups is 1. The van der Waals surface area contributed by atoms with E-state index in [1.165, 1.54) is 23.5 Å². The first-order valence-corrected chi connectivity index (χ1v) is 8.59. The van der Waals surface area contributed by atoms with Gasteiger partial charge in [0.2, 0.25) is 10.0 Å². The molecule has 1 atom stereocenters. The van der Waals surface area contributed by atoms with E-state index in [1.54, 1.807) is 6.07 Å². The summed E-state index contributed by atoms with van der Waals surface area (Å²) in [6, 6.07) is 4.53. The number of esters is 1. The number of hydrogen-bond acceptors (Lipinski definition) is 4. The summed E-state index contributed by atoms with van der Waals surface area (Å²) in [4.78, 5) is 11.5. The number of rotatable bonds is 3. The molecule has 1 heterocycles. The summed E-state index contributed by atoms with van der Waals surface area (Å²) in [6.07, 6.45) is 1.19. The lowest BCUT2D eigenvalue weighted by molar-refractivity contribution is -0.146. The van der Waals surface area contributed by atoms with Gasteiger partial charge < -0.3 is 4.74 Å². The Morgan fingerprint density at radius 3 is 2.52 bits per heavy atom. The molecule has 21 heavy (non-hydrogen) atoms. The minimum absolute atomic E-state index is 0.0719. The van der Waals surface area contributed by atoms with Crippen molar-refractivity contribution in [2.24, 2.45) is 5.92 Å². The first kappa shape index (κ1) is 16.5. The standard InChI is InChI=1S/C13H15Cl2NO4S/c1-20-13(17)9-4-3-7-16(8-9)21(18,19)12-10(14)5-2-6-11(12)15/h2,5-6,9H,3-4,7-8H2,1H3. The molecule has 5 nitrogen and oxygen atoms in total. The second-order valence-corrected chi connectivity index (χ2v) is 7.47. The topological polar surface area (TPSA) is 63.7 Å². The van der Waals surface area contributed by atoms with E-state index in [0.717, 1.165) is 0 Å². The van der Waals surface area contributed by atoms with Gasteiger partial charge in [0, 0.05) is 13.1 Å². The summed E-state index contributed by atoms with van der Waals surface area (Å²) in [5.41, 5.74) is 0. The predicted octanol–water partition coefficient (Wildman–Crippen LogP) is 2.57. The maximum absolute atomic E-state index is 12.7. The van der Waals surface area contributed by atoms with Crippen LogP contribution in [0.15, 0.2) is 23.1 Å². The van der Waals surface area contributed by atoms with E-state index in [9.17, 15) is 13.2 Å². The Morgan fingerprint density at radius 2 is 1.95 bits per heavy atom. The Labute approximate surface area is 133 Å². The average molecular weight is 352 g/mol. The van der Waals surface area contributed by atoms with Gasteiger partial charge in [-0.2, -0.15) is 4.31 Å². The lowest BCUT2D eigenvalue weighted by Crippen LogP contribution is -2.42. The van der Waals surface area contributed by atoms with Crippen molar-refractivity contribution in [3.05, 3.63) is 28.2 Å². The maximum atomic E-state index is 12.7. The highest BCUT2D eigenvalue weighted by Gasteiger charge is 2.35. The molecule has 0 bridgehead atoms. The summed E-state index contributed by atoms with van der Waals surface area (Å²) in [5.74, 6) is -0.861. The highest BCUT2D eigenvalue weighted by atomic mass is 35.5. The zero-order valence-electron chi connectivity index (χ0n) is 11.4. The second kappa shape index (κ2) is 6.52. The number of nitrogens with zero attached hydrogens (tertiary/aromatic N) is 1. The molecule has 1 fully saturated rings. The Balaban J connectivity index is 2.33. The molecule has 1 aliphatic heterocycles. The third kappa shape index (κ3) is 3.34. The number of hydrogen-bond donors (Lipinski definition) is 0. The molecule has 1 saturated heterocycles. The average Bonchev–Trinajstić information content (AvgIpc) is 2.46. The molecule has 0 saturated carbocycles.